The maximum Gasteiger partial charge on any atom is 0.338 e. The predicted octanol–water partition coefficient (Wildman–Crippen LogP) is 5.07. The van der Waals surface area contributed by atoms with Crippen LogP contribution in [0.2, 0.25) is 0 Å². The lowest BCUT2D eigenvalue weighted by Crippen LogP contribution is -2.41. The molecule has 10 heteroatoms. The van der Waals surface area contributed by atoms with Gasteiger partial charge in [-0.05, 0) is 42.0 Å². The Morgan fingerprint density at radius 3 is 1.69 bits per heavy atom. The molecule has 0 spiro atoms. The second kappa shape index (κ2) is 13.8. The number of nitrogens with zero attached hydrogens (tertiary/aromatic N) is 3. The van der Waals surface area contributed by atoms with Gasteiger partial charge in [0.25, 0.3) is 0 Å². The number of aromatic nitrogens is 3. The highest BCUT2D eigenvalue weighted by Gasteiger charge is 2.52. The summed E-state index contributed by atoms with van der Waals surface area (Å²) in [7, 11) is 0. The SMILES string of the molecule is O=C(OC[C@H]1O[C@@H](n2cc(Cc3ccccc3)nn2)[C@H](OC(=O)c2ccccc2)[C@@H]1OC(=O)c1ccccc1)c1ccccc1. The molecule has 226 valence electrons. The van der Waals surface area contributed by atoms with E-state index in [4.69, 9.17) is 18.9 Å². The largest absolute Gasteiger partial charge is 0.459 e. The molecule has 1 aliphatic heterocycles. The highest BCUT2D eigenvalue weighted by molar-refractivity contribution is 5.91. The zero-order valence-electron chi connectivity index (χ0n) is 24.0. The van der Waals surface area contributed by atoms with E-state index >= 15 is 0 Å². The number of hydrogen-bond acceptors (Lipinski definition) is 9. The molecule has 0 N–H and O–H groups in total. The molecule has 4 atom stereocenters. The lowest BCUT2D eigenvalue weighted by molar-refractivity contribution is -0.0678. The molecule has 1 fully saturated rings. The minimum Gasteiger partial charge on any atom is -0.459 e. The van der Waals surface area contributed by atoms with Crippen LogP contribution in [0, 0.1) is 0 Å². The monoisotopic (exact) mass is 603 g/mol. The Bertz CT molecular complexity index is 1730. The lowest BCUT2D eigenvalue weighted by Gasteiger charge is -2.24. The molecule has 0 bridgehead atoms. The Morgan fingerprint density at radius 2 is 1.13 bits per heavy atom. The number of rotatable bonds is 10. The summed E-state index contributed by atoms with van der Waals surface area (Å²) in [6.45, 7) is -0.290. The van der Waals surface area contributed by atoms with Crippen molar-refractivity contribution in [2.24, 2.45) is 0 Å². The fourth-order valence-corrected chi connectivity index (χ4v) is 4.99. The summed E-state index contributed by atoms with van der Waals surface area (Å²) in [6.07, 6.45) is -2.20. The van der Waals surface area contributed by atoms with Crippen LogP contribution >= 0.6 is 0 Å². The molecular weight excluding hydrogens is 574 g/mol. The van der Waals surface area contributed by atoms with Crippen LogP contribution in [-0.2, 0) is 25.4 Å². The summed E-state index contributed by atoms with van der Waals surface area (Å²) in [5.41, 5.74) is 2.62. The Labute approximate surface area is 259 Å². The Balaban J connectivity index is 1.31. The van der Waals surface area contributed by atoms with E-state index in [1.165, 1.54) is 4.68 Å². The zero-order valence-corrected chi connectivity index (χ0v) is 24.0. The van der Waals surface area contributed by atoms with Gasteiger partial charge in [-0.3, -0.25) is 0 Å². The Morgan fingerprint density at radius 1 is 0.644 bits per heavy atom. The van der Waals surface area contributed by atoms with E-state index < -0.39 is 42.4 Å². The van der Waals surface area contributed by atoms with E-state index in [-0.39, 0.29) is 6.61 Å². The summed E-state index contributed by atoms with van der Waals surface area (Å²) >= 11 is 0. The fraction of sp³-hybridized carbons (Fsp3) is 0.171. The average molecular weight is 604 g/mol. The van der Waals surface area contributed by atoms with E-state index in [1.807, 2.05) is 30.3 Å². The molecule has 1 aliphatic rings. The molecule has 6 rings (SSSR count). The number of carbonyl (C=O) groups is 3. The summed E-state index contributed by atoms with van der Waals surface area (Å²) in [5, 5.41) is 8.58. The fourth-order valence-electron chi connectivity index (χ4n) is 4.99. The Hall–Kier alpha value is -5.61. The van der Waals surface area contributed by atoms with Gasteiger partial charge in [0.2, 0.25) is 0 Å². The molecule has 2 heterocycles. The van der Waals surface area contributed by atoms with Gasteiger partial charge in [-0.2, -0.15) is 0 Å². The number of hydrogen-bond donors (Lipinski definition) is 0. The van der Waals surface area contributed by atoms with Gasteiger partial charge < -0.3 is 18.9 Å². The molecule has 0 radical (unpaired) electrons. The molecule has 0 amide bonds. The number of esters is 3. The Kier molecular flexibility index (Phi) is 9.03. The van der Waals surface area contributed by atoms with Crippen molar-refractivity contribution in [2.75, 3.05) is 6.61 Å². The van der Waals surface area contributed by atoms with Crippen molar-refractivity contribution < 1.29 is 33.3 Å². The van der Waals surface area contributed by atoms with Gasteiger partial charge in [-0.1, -0.05) is 90.1 Å². The molecule has 45 heavy (non-hydrogen) atoms. The maximum absolute atomic E-state index is 13.3. The van der Waals surface area contributed by atoms with Gasteiger partial charge in [0.1, 0.15) is 12.7 Å². The van der Waals surface area contributed by atoms with Crippen molar-refractivity contribution in [3.8, 4) is 0 Å². The normalized spacial score (nSPS) is 19.0. The first-order valence-corrected chi connectivity index (χ1v) is 14.4. The second-order valence-corrected chi connectivity index (χ2v) is 10.4. The van der Waals surface area contributed by atoms with E-state index in [0.29, 0.717) is 28.8 Å². The molecule has 4 aromatic carbocycles. The van der Waals surface area contributed by atoms with Crippen LogP contribution in [0.3, 0.4) is 0 Å². The molecule has 1 saturated heterocycles. The van der Waals surface area contributed by atoms with E-state index in [0.717, 1.165) is 5.56 Å². The van der Waals surface area contributed by atoms with Crippen LogP contribution < -0.4 is 0 Å². The smallest absolute Gasteiger partial charge is 0.338 e. The van der Waals surface area contributed by atoms with Crippen LogP contribution in [0.1, 0.15) is 48.6 Å². The van der Waals surface area contributed by atoms with Crippen molar-refractivity contribution >= 4 is 17.9 Å². The van der Waals surface area contributed by atoms with E-state index in [9.17, 15) is 14.4 Å². The van der Waals surface area contributed by atoms with Crippen LogP contribution in [0.15, 0.2) is 128 Å². The van der Waals surface area contributed by atoms with Gasteiger partial charge in [-0.15, -0.1) is 5.10 Å². The minimum atomic E-state index is -1.17. The summed E-state index contributed by atoms with van der Waals surface area (Å²) in [6, 6.07) is 35.1. The second-order valence-electron chi connectivity index (χ2n) is 10.4. The van der Waals surface area contributed by atoms with Crippen molar-refractivity contribution in [3.05, 3.63) is 155 Å². The van der Waals surface area contributed by atoms with Gasteiger partial charge in [0.15, 0.2) is 18.4 Å². The van der Waals surface area contributed by atoms with Crippen molar-refractivity contribution in [1.29, 1.82) is 0 Å². The topological polar surface area (TPSA) is 119 Å². The predicted molar refractivity (Wildman–Crippen MR) is 161 cm³/mol. The van der Waals surface area contributed by atoms with E-state index in [2.05, 4.69) is 10.3 Å². The molecule has 0 unspecified atom stereocenters. The first kappa shape index (κ1) is 29.5. The molecular formula is C35H29N3O7. The third-order valence-electron chi connectivity index (χ3n) is 7.23. The van der Waals surface area contributed by atoms with Crippen LogP contribution in [0.4, 0.5) is 0 Å². The van der Waals surface area contributed by atoms with E-state index in [1.54, 1.807) is 97.2 Å². The molecule has 0 aliphatic carbocycles. The highest BCUT2D eigenvalue weighted by Crippen LogP contribution is 2.35. The highest BCUT2D eigenvalue weighted by atomic mass is 16.7. The first-order chi connectivity index (χ1) is 22.0. The lowest BCUT2D eigenvalue weighted by atomic mass is 10.1. The number of carbonyl (C=O) groups excluding carboxylic acids is 3. The minimum absolute atomic E-state index is 0.290. The third kappa shape index (κ3) is 7.14. The first-order valence-electron chi connectivity index (χ1n) is 14.4. The molecule has 0 saturated carbocycles. The number of benzene rings is 4. The van der Waals surface area contributed by atoms with Crippen molar-refractivity contribution in [3.63, 3.8) is 0 Å². The van der Waals surface area contributed by atoms with Gasteiger partial charge in [0, 0.05) is 6.42 Å². The average Bonchev–Trinajstić information content (AvgIpc) is 3.69. The summed E-state index contributed by atoms with van der Waals surface area (Å²) in [4.78, 5) is 39.5. The molecule has 1 aromatic heterocycles. The van der Waals surface area contributed by atoms with Gasteiger partial charge in [0.05, 0.1) is 28.6 Å². The van der Waals surface area contributed by atoms with Crippen molar-refractivity contribution in [2.45, 2.75) is 31.0 Å². The maximum atomic E-state index is 13.3. The van der Waals surface area contributed by atoms with Crippen LogP contribution in [-0.4, -0.2) is 57.8 Å². The zero-order chi connectivity index (χ0) is 31.0. The van der Waals surface area contributed by atoms with Crippen LogP contribution in [0.25, 0.3) is 0 Å². The number of ether oxygens (including phenoxy) is 4. The summed E-state index contributed by atoms with van der Waals surface area (Å²) < 4.78 is 25.3. The molecule has 5 aromatic rings. The summed E-state index contributed by atoms with van der Waals surface area (Å²) in [5.74, 6) is -1.89. The quantitative estimate of drug-likeness (QED) is 0.159. The van der Waals surface area contributed by atoms with Crippen LogP contribution in [0.5, 0.6) is 0 Å². The third-order valence-corrected chi connectivity index (χ3v) is 7.23. The van der Waals surface area contributed by atoms with Gasteiger partial charge in [-0.25, -0.2) is 19.1 Å². The van der Waals surface area contributed by atoms with Crippen molar-refractivity contribution in [1.82, 2.24) is 15.0 Å². The molecule has 10 nitrogen and oxygen atoms in total. The standard InChI is InChI=1S/C35H29N3O7/c39-33(25-15-7-2-8-16-25)42-23-29-30(44-34(40)26-17-9-3-10-18-26)31(45-35(41)27-19-11-4-12-20-27)32(43-29)38-22-28(36-37-38)21-24-13-5-1-6-14-24/h1-20,22,29-32H,21,23H2/t29-,30-,31-,32-/m1/s1. The van der Waals surface area contributed by atoms with Gasteiger partial charge >= 0.3 is 17.9 Å².